The summed E-state index contributed by atoms with van der Waals surface area (Å²) in [7, 11) is 0. The number of nitrogens with zero attached hydrogens (tertiary/aromatic N) is 2. The van der Waals surface area contributed by atoms with Crippen LogP contribution in [-0.4, -0.2) is 22.4 Å². The van der Waals surface area contributed by atoms with E-state index in [1.807, 2.05) is 0 Å². The summed E-state index contributed by atoms with van der Waals surface area (Å²) in [6, 6.07) is 10.4. The molecule has 0 spiro atoms. The van der Waals surface area contributed by atoms with Gasteiger partial charge in [-0.05, 0) is 46.9 Å². The maximum atomic E-state index is 13.9. The van der Waals surface area contributed by atoms with Crippen molar-refractivity contribution in [1.82, 2.24) is 9.97 Å². The first-order chi connectivity index (χ1) is 14.7. The molecule has 0 saturated heterocycles. The van der Waals surface area contributed by atoms with Crippen molar-refractivity contribution in [3.8, 4) is 5.88 Å². The van der Waals surface area contributed by atoms with Gasteiger partial charge >= 0.3 is 6.18 Å². The highest BCUT2D eigenvalue weighted by Crippen LogP contribution is 2.46. The second-order valence-corrected chi connectivity index (χ2v) is 7.71. The lowest BCUT2D eigenvalue weighted by atomic mass is 9.82. The molecule has 2 atom stereocenters. The van der Waals surface area contributed by atoms with Crippen LogP contribution in [0.5, 0.6) is 5.88 Å². The summed E-state index contributed by atoms with van der Waals surface area (Å²) in [6.07, 6.45) is -1.21. The van der Waals surface area contributed by atoms with Gasteiger partial charge in [0.15, 0.2) is 6.29 Å². The van der Waals surface area contributed by atoms with Crippen LogP contribution in [0.4, 0.5) is 13.2 Å². The molecular formula is C22H17Cl2F3N2O2. The van der Waals surface area contributed by atoms with E-state index in [-0.39, 0.29) is 22.3 Å². The molecule has 0 aliphatic rings. The van der Waals surface area contributed by atoms with Gasteiger partial charge in [-0.25, -0.2) is 9.97 Å². The lowest BCUT2D eigenvalue weighted by Gasteiger charge is -2.28. The monoisotopic (exact) mass is 468 g/mol. The zero-order valence-electron chi connectivity index (χ0n) is 16.2. The maximum absolute atomic E-state index is 13.9. The molecule has 2 aromatic heterocycles. The lowest BCUT2D eigenvalue weighted by Crippen LogP contribution is -2.26. The molecule has 3 rings (SSSR count). The Hall–Kier alpha value is -2.64. The lowest BCUT2D eigenvalue weighted by molar-refractivity contribution is -0.154. The molecule has 162 valence electrons. The minimum Gasteiger partial charge on any atom is -0.473 e. The average Bonchev–Trinajstić information content (AvgIpc) is 2.71. The van der Waals surface area contributed by atoms with Gasteiger partial charge in [-0.3, -0.25) is 4.79 Å². The first kappa shape index (κ1) is 23.0. The van der Waals surface area contributed by atoms with Gasteiger partial charge in [0.2, 0.25) is 5.88 Å². The van der Waals surface area contributed by atoms with Crippen molar-refractivity contribution in [3.63, 3.8) is 0 Å². The molecule has 0 radical (unpaired) electrons. The zero-order chi connectivity index (χ0) is 22.6. The summed E-state index contributed by atoms with van der Waals surface area (Å²) in [5.74, 6) is -2.45. The van der Waals surface area contributed by atoms with Crippen LogP contribution in [0.2, 0.25) is 10.2 Å². The SMILES string of the molecule is CC(c1ccc(COc2ccc(C=O)cn2)cc1Cl)C(c1ccnc(Cl)c1)C(F)(F)F. The second-order valence-electron chi connectivity index (χ2n) is 6.91. The Kier molecular flexibility index (Phi) is 7.18. The summed E-state index contributed by atoms with van der Waals surface area (Å²) in [4.78, 5) is 18.4. The Morgan fingerprint density at radius 3 is 2.45 bits per heavy atom. The summed E-state index contributed by atoms with van der Waals surface area (Å²) in [6.45, 7) is 1.59. The van der Waals surface area contributed by atoms with Gasteiger partial charge in [0, 0.05) is 29.0 Å². The average molecular weight is 469 g/mol. The number of ether oxygens (including phenoxy) is 1. The van der Waals surface area contributed by atoms with Crippen LogP contribution in [0.1, 0.15) is 45.8 Å². The fourth-order valence-electron chi connectivity index (χ4n) is 3.29. The first-order valence-electron chi connectivity index (χ1n) is 9.19. The van der Waals surface area contributed by atoms with Gasteiger partial charge in [-0.2, -0.15) is 13.2 Å². The topological polar surface area (TPSA) is 52.1 Å². The van der Waals surface area contributed by atoms with E-state index in [0.29, 0.717) is 28.9 Å². The summed E-state index contributed by atoms with van der Waals surface area (Å²) in [5.41, 5.74) is 1.46. The smallest absolute Gasteiger partial charge is 0.396 e. The molecule has 0 fully saturated rings. The Morgan fingerprint density at radius 1 is 1.10 bits per heavy atom. The molecule has 9 heteroatoms. The molecule has 0 aliphatic carbocycles. The van der Waals surface area contributed by atoms with Crippen LogP contribution in [-0.2, 0) is 6.61 Å². The number of aromatic nitrogens is 2. The normalized spacial score (nSPS) is 13.5. The standard InChI is InChI=1S/C22H17Cl2F3N2O2/c1-13(21(22(25,26)27)16-6-7-28-19(24)9-16)17-4-2-14(8-18(17)23)12-31-20-5-3-15(11-30)10-29-20/h2-11,13,21H,12H2,1H3. The quantitative estimate of drug-likeness (QED) is 0.288. The molecule has 0 bridgehead atoms. The molecule has 0 aliphatic heterocycles. The Morgan fingerprint density at radius 2 is 1.87 bits per heavy atom. The number of halogens is 5. The predicted octanol–water partition coefficient (Wildman–Crippen LogP) is 6.62. The second kappa shape index (κ2) is 9.66. The van der Waals surface area contributed by atoms with E-state index in [1.54, 1.807) is 30.3 Å². The summed E-state index contributed by atoms with van der Waals surface area (Å²) < 4.78 is 47.2. The van der Waals surface area contributed by atoms with E-state index in [2.05, 4.69) is 9.97 Å². The van der Waals surface area contributed by atoms with Gasteiger partial charge in [-0.1, -0.05) is 42.3 Å². The number of hydrogen-bond donors (Lipinski definition) is 0. The van der Waals surface area contributed by atoms with Gasteiger partial charge in [0.1, 0.15) is 11.8 Å². The fourth-order valence-corrected chi connectivity index (χ4v) is 3.84. The van der Waals surface area contributed by atoms with Gasteiger partial charge < -0.3 is 4.74 Å². The molecular weight excluding hydrogens is 452 g/mol. The first-order valence-corrected chi connectivity index (χ1v) is 9.95. The van der Waals surface area contributed by atoms with Crippen LogP contribution in [0.25, 0.3) is 0 Å². The Bertz CT molecular complexity index is 1060. The molecule has 3 aromatic rings. The van der Waals surface area contributed by atoms with E-state index in [9.17, 15) is 18.0 Å². The highest BCUT2D eigenvalue weighted by molar-refractivity contribution is 6.31. The van der Waals surface area contributed by atoms with E-state index >= 15 is 0 Å². The van der Waals surface area contributed by atoms with Crippen molar-refractivity contribution < 1.29 is 22.7 Å². The molecule has 31 heavy (non-hydrogen) atoms. The van der Waals surface area contributed by atoms with Crippen LogP contribution >= 0.6 is 23.2 Å². The van der Waals surface area contributed by atoms with E-state index in [0.717, 1.165) is 0 Å². The number of benzene rings is 1. The molecule has 2 unspecified atom stereocenters. The molecule has 1 aromatic carbocycles. The third kappa shape index (κ3) is 5.74. The number of alkyl halides is 3. The molecule has 0 amide bonds. The van der Waals surface area contributed by atoms with E-state index in [4.69, 9.17) is 27.9 Å². The Balaban J connectivity index is 1.80. The zero-order valence-corrected chi connectivity index (χ0v) is 17.7. The van der Waals surface area contributed by atoms with E-state index in [1.165, 1.54) is 31.5 Å². The van der Waals surface area contributed by atoms with Gasteiger partial charge in [0.05, 0.1) is 5.92 Å². The number of hydrogen-bond acceptors (Lipinski definition) is 4. The number of carbonyl (C=O) groups is 1. The molecule has 2 heterocycles. The predicted molar refractivity (Wildman–Crippen MR) is 112 cm³/mol. The summed E-state index contributed by atoms with van der Waals surface area (Å²) in [5, 5.41) is 0.194. The number of aldehydes is 1. The highest BCUT2D eigenvalue weighted by atomic mass is 35.5. The maximum Gasteiger partial charge on any atom is 0.396 e. The minimum absolute atomic E-state index is 0.00710. The minimum atomic E-state index is -4.51. The molecule has 4 nitrogen and oxygen atoms in total. The van der Waals surface area contributed by atoms with Crippen molar-refractivity contribution in [2.45, 2.75) is 31.5 Å². The van der Waals surface area contributed by atoms with Crippen LogP contribution in [0.3, 0.4) is 0 Å². The third-order valence-electron chi connectivity index (χ3n) is 4.80. The number of pyridine rings is 2. The van der Waals surface area contributed by atoms with Crippen LogP contribution < -0.4 is 4.74 Å². The number of carbonyl (C=O) groups excluding carboxylic acids is 1. The van der Waals surface area contributed by atoms with Crippen molar-refractivity contribution >= 4 is 29.5 Å². The largest absolute Gasteiger partial charge is 0.473 e. The van der Waals surface area contributed by atoms with Gasteiger partial charge in [-0.15, -0.1) is 0 Å². The fraction of sp³-hybridized carbons (Fsp3) is 0.227. The van der Waals surface area contributed by atoms with Crippen molar-refractivity contribution in [2.75, 3.05) is 0 Å². The molecule has 0 saturated carbocycles. The van der Waals surface area contributed by atoms with Crippen molar-refractivity contribution in [3.05, 3.63) is 87.3 Å². The summed E-state index contributed by atoms with van der Waals surface area (Å²) >= 11 is 12.1. The van der Waals surface area contributed by atoms with Gasteiger partial charge in [0.25, 0.3) is 0 Å². The molecule has 0 N–H and O–H groups in total. The highest BCUT2D eigenvalue weighted by Gasteiger charge is 2.45. The third-order valence-corrected chi connectivity index (χ3v) is 5.33. The number of rotatable bonds is 7. The van der Waals surface area contributed by atoms with Crippen LogP contribution in [0.15, 0.2) is 54.9 Å². The van der Waals surface area contributed by atoms with Crippen molar-refractivity contribution in [1.29, 1.82) is 0 Å². The van der Waals surface area contributed by atoms with E-state index < -0.39 is 18.0 Å². The Labute approximate surface area is 187 Å². The van der Waals surface area contributed by atoms with Crippen LogP contribution in [0, 0.1) is 0 Å². The van der Waals surface area contributed by atoms with Crippen molar-refractivity contribution in [2.24, 2.45) is 0 Å².